The number of ether oxygens (including phenoxy) is 2. The van der Waals surface area contributed by atoms with Crippen molar-refractivity contribution in [2.75, 3.05) is 18.9 Å². The molecule has 0 atom stereocenters. The van der Waals surface area contributed by atoms with E-state index in [1.165, 1.54) is 6.07 Å². The molecule has 80 valence electrons. The third-order valence-corrected chi connectivity index (χ3v) is 2.92. The van der Waals surface area contributed by atoms with Gasteiger partial charge in [0.25, 0.3) is 0 Å². The van der Waals surface area contributed by atoms with E-state index < -0.39 is 5.97 Å². The highest BCUT2D eigenvalue weighted by Crippen LogP contribution is 2.41. The van der Waals surface area contributed by atoms with Crippen LogP contribution in [0.25, 0.3) is 0 Å². The molecule has 1 aliphatic heterocycles. The number of nitrogen functional groups attached to an aromatic ring is 1. The number of rotatable bonds is 1. The Morgan fingerprint density at radius 1 is 1.40 bits per heavy atom. The van der Waals surface area contributed by atoms with E-state index in [0.29, 0.717) is 28.2 Å². The van der Waals surface area contributed by atoms with E-state index in [1.807, 2.05) is 22.6 Å². The van der Waals surface area contributed by atoms with Crippen LogP contribution in [0.15, 0.2) is 6.07 Å². The third-order valence-electron chi connectivity index (χ3n) is 2.03. The van der Waals surface area contributed by atoms with Gasteiger partial charge in [-0.05, 0) is 28.7 Å². The summed E-state index contributed by atoms with van der Waals surface area (Å²) < 4.78 is 11.2. The monoisotopic (exact) mass is 321 g/mol. The van der Waals surface area contributed by atoms with Crippen molar-refractivity contribution in [1.29, 1.82) is 0 Å². The van der Waals surface area contributed by atoms with Crippen LogP contribution < -0.4 is 15.2 Å². The zero-order chi connectivity index (χ0) is 11.0. The van der Waals surface area contributed by atoms with Gasteiger partial charge in [-0.2, -0.15) is 0 Å². The van der Waals surface area contributed by atoms with E-state index in [1.54, 1.807) is 0 Å². The Morgan fingerprint density at radius 3 is 2.60 bits per heavy atom. The fraction of sp³-hybridized carbons (Fsp3) is 0.222. The number of fused-ring (bicyclic) bond motifs is 1. The van der Waals surface area contributed by atoms with Gasteiger partial charge in [-0.25, -0.2) is 4.79 Å². The average Bonchev–Trinajstić information content (AvgIpc) is 2.23. The Bertz CT molecular complexity index is 433. The lowest BCUT2D eigenvalue weighted by atomic mass is 10.1. The third kappa shape index (κ3) is 1.69. The van der Waals surface area contributed by atoms with Crippen LogP contribution in [0, 0.1) is 3.57 Å². The smallest absolute Gasteiger partial charge is 0.339 e. The Balaban J connectivity index is 2.67. The van der Waals surface area contributed by atoms with Gasteiger partial charge >= 0.3 is 5.97 Å². The van der Waals surface area contributed by atoms with Gasteiger partial charge in [0.05, 0.1) is 5.69 Å². The predicted molar refractivity (Wildman–Crippen MR) is 61.5 cm³/mol. The number of hydrogen-bond donors (Lipinski definition) is 2. The molecule has 0 aromatic heterocycles. The van der Waals surface area contributed by atoms with Crippen LogP contribution in [0.1, 0.15) is 10.4 Å². The van der Waals surface area contributed by atoms with Crippen molar-refractivity contribution in [1.82, 2.24) is 0 Å². The van der Waals surface area contributed by atoms with Crippen molar-refractivity contribution in [2.24, 2.45) is 0 Å². The average molecular weight is 321 g/mol. The van der Waals surface area contributed by atoms with Crippen LogP contribution in [0.4, 0.5) is 5.69 Å². The van der Waals surface area contributed by atoms with Gasteiger partial charge in [-0.3, -0.25) is 0 Å². The topological polar surface area (TPSA) is 81.8 Å². The summed E-state index contributed by atoms with van der Waals surface area (Å²) >= 11 is 1.97. The molecule has 0 aliphatic carbocycles. The lowest BCUT2D eigenvalue weighted by Crippen LogP contribution is -2.19. The van der Waals surface area contributed by atoms with Crippen LogP contribution >= 0.6 is 22.6 Å². The molecule has 1 aromatic rings. The van der Waals surface area contributed by atoms with E-state index in [9.17, 15) is 4.79 Å². The van der Waals surface area contributed by atoms with E-state index in [4.69, 9.17) is 20.3 Å². The number of hydrogen-bond acceptors (Lipinski definition) is 4. The Kier molecular flexibility index (Phi) is 2.59. The van der Waals surface area contributed by atoms with Gasteiger partial charge in [0.1, 0.15) is 18.8 Å². The molecule has 0 bridgehead atoms. The molecule has 0 saturated heterocycles. The Labute approximate surface area is 99.3 Å². The Hall–Kier alpha value is -1.18. The highest BCUT2D eigenvalue weighted by molar-refractivity contribution is 14.1. The molecule has 1 aromatic carbocycles. The number of carboxylic acids is 1. The van der Waals surface area contributed by atoms with Crippen LogP contribution in [0.3, 0.4) is 0 Å². The second kappa shape index (κ2) is 3.76. The minimum absolute atomic E-state index is 0.0864. The predicted octanol–water partition coefficient (Wildman–Crippen LogP) is 1.34. The van der Waals surface area contributed by atoms with Crippen molar-refractivity contribution in [2.45, 2.75) is 0 Å². The van der Waals surface area contributed by atoms with E-state index >= 15 is 0 Å². The molecule has 0 spiro atoms. The fourth-order valence-electron chi connectivity index (χ4n) is 1.36. The molecule has 1 aliphatic rings. The molecule has 3 N–H and O–H groups in total. The maximum atomic E-state index is 11.0. The number of anilines is 1. The first-order valence-corrected chi connectivity index (χ1v) is 5.30. The molecule has 0 radical (unpaired) electrons. The summed E-state index contributed by atoms with van der Waals surface area (Å²) in [7, 11) is 0. The number of carboxylic acid groups (broad SMARTS) is 1. The quantitative estimate of drug-likeness (QED) is 0.603. The summed E-state index contributed by atoms with van der Waals surface area (Å²) in [6.45, 7) is 0.726. The van der Waals surface area contributed by atoms with E-state index in [2.05, 4.69) is 0 Å². The minimum Gasteiger partial charge on any atom is -0.485 e. The number of aromatic carboxylic acids is 1. The van der Waals surface area contributed by atoms with Gasteiger partial charge in [0, 0.05) is 3.57 Å². The van der Waals surface area contributed by atoms with E-state index in [-0.39, 0.29) is 11.3 Å². The van der Waals surface area contributed by atoms with Crippen molar-refractivity contribution >= 4 is 34.2 Å². The zero-order valence-electron chi connectivity index (χ0n) is 7.62. The van der Waals surface area contributed by atoms with Gasteiger partial charge in [-0.1, -0.05) is 0 Å². The van der Waals surface area contributed by atoms with Crippen molar-refractivity contribution in [3.8, 4) is 11.5 Å². The number of halogens is 1. The summed E-state index contributed by atoms with van der Waals surface area (Å²) in [6, 6.07) is 1.48. The first-order valence-electron chi connectivity index (χ1n) is 4.22. The first-order chi connectivity index (χ1) is 7.11. The largest absolute Gasteiger partial charge is 0.485 e. The molecule has 0 amide bonds. The SMILES string of the molecule is Nc1c(I)cc(C(=O)O)c2c1OCCO2. The molecule has 0 fully saturated rings. The van der Waals surface area contributed by atoms with Crippen molar-refractivity contribution < 1.29 is 19.4 Å². The van der Waals surface area contributed by atoms with Crippen molar-refractivity contribution in [3.63, 3.8) is 0 Å². The summed E-state index contributed by atoms with van der Waals surface area (Å²) in [6.07, 6.45) is 0. The molecule has 6 heteroatoms. The van der Waals surface area contributed by atoms with Gasteiger partial charge < -0.3 is 20.3 Å². The molecule has 15 heavy (non-hydrogen) atoms. The molecule has 5 nitrogen and oxygen atoms in total. The van der Waals surface area contributed by atoms with E-state index in [0.717, 1.165) is 0 Å². The maximum Gasteiger partial charge on any atom is 0.339 e. The summed E-state index contributed by atoms with van der Waals surface area (Å²) in [4.78, 5) is 11.0. The van der Waals surface area contributed by atoms with Gasteiger partial charge in [-0.15, -0.1) is 0 Å². The number of benzene rings is 1. The number of nitrogens with two attached hydrogens (primary N) is 1. The molecule has 2 rings (SSSR count). The summed E-state index contributed by atoms with van der Waals surface area (Å²) in [5.41, 5.74) is 6.28. The van der Waals surface area contributed by atoms with Crippen molar-refractivity contribution in [3.05, 3.63) is 15.2 Å². The molecule has 0 saturated carbocycles. The lowest BCUT2D eigenvalue weighted by Gasteiger charge is -2.22. The minimum atomic E-state index is -1.05. The zero-order valence-corrected chi connectivity index (χ0v) is 9.78. The molecular weight excluding hydrogens is 313 g/mol. The van der Waals surface area contributed by atoms with Gasteiger partial charge in [0.2, 0.25) is 0 Å². The Morgan fingerprint density at radius 2 is 2.00 bits per heavy atom. The molecule has 0 unspecified atom stereocenters. The summed E-state index contributed by atoms with van der Waals surface area (Å²) in [5.74, 6) is -0.480. The van der Waals surface area contributed by atoms with Crippen LogP contribution in [-0.4, -0.2) is 24.3 Å². The highest BCUT2D eigenvalue weighted by Gasteiger charge is 2.24. The lowest BCUT2D eigenvalue weighted by molar-refractivity contribution is 0.0686. The first kappa shape index (κ1) is 10.3. The molecule has 1 heterocycles. The second-order valence-corrected chi connectivity index (χ2v) is 4.14. The van der Waals surface area contributed by atoms with Crippen LogP contribution in [0.5, 0.6) is 11.5 Å². The van der Waals surface area contributed by atoms with Gasteiger partial charge in [0.15, 0.2) is 11.5 Å². The highest BCUT2D eigenvalue weighted by atomic mass is 127. The normalized spacial score (nSPS) is 13.7. The standard InChI is InChI=1S/C9H8INO4/c10-5-3-4(9(12)13)7-8(6(5)11)15-2-1-14-7/h3H,1-2,11H2,(H,12,13). The number of carbonyl (C=O) groups is 1. The summed E-state index contributed by atoms with van der Waals surface area (Å²) in [5, 5.41) is 8.98. The molecular formula is C9H8INO4. The van der Waals surface area contributed by atoms with Crippen LogP contribution in [0.2, 0.25) is 0 Å². The second-order valence-electron chi connectivity index (χ2n) is 2.98. The fourth-order valence-corrected chi connectivity index (χ4v) is 1.91. The maximum absolute atomic E-state index is 11.0. The van der Waals surface area contributed by atoms with Crippen LogP contribution in [-0.2, 0) is 0 Å².